The molecule has 1 N–H and O–H groups in total. The molecule has 40 heavy (non-hydrogen) atoms. The number of nitrogens with zero attached hydrogens (tertiary/aromatic N) is 1. The number of fused-ring (bicyclic) bond motifs is 1. The molecule has 5 rings (SSSR count). The summed E-state index contributed by atoms with van der Waals surface area (Å²) >= 11 is 0.910. The van der Waals surface area contributed by atoms with Gasteiger partial charge in [-0.05, 0) is 76.0 Å². The van der Waals surface area contributed by atoms with Crippen molar-refractivity contribution in [3.63, 3.8) is 0 Å². The Morgan fingerprint density at radius 2 is 1.73 bits per heavy atom. The van der Waals surface area contributed by atoms with Crippen molar-refractivity contribution in [2.24, 2.45) is 0 Å². The van der Waals surface area contributed by atoms with Crippen molar-refractivity contribution in [2.45, 2.75) is 19.9 Å². The van der Waals surface area contributed by atoms with E-state index in [1.165, 1.54) is 17.6 Å². The number of thioether (sulfide) groups is 1. The van der Waals surface area contributed by atoms with Crippen LogP contribution in [-0.2, 0) is 22.6 Å². The number of imide groups is 1. The fourth-order valence-corrected chi connectivity index (χ4v) is 5.28. The summed E-state index contributed by atoms with van der Waals surface area (Å²) in [4.78, 5) is 39.9. The van der Waals surface area contributed by atoms with Crippen LogP contribution in [0.1, 0.15) is 23.6 Å². The first-order valence-electron chi connectivity index (χ1n) is 12.9. The molecule has 0 spiro atoms. The van der Waals surface area contributed by atoms with E-state index in [1.807, 2.05) is 66.7 Å². The van der Waals surface area contributed by atoms with Crippen LogP contribution in [-0.4, -0.2) is 35.7 Å². The summed E-state index contributed by atoms with van der Waals surface area (Å²) in [6.45, 7) is 2.07. The van der Waals surface area contributed by atoms with E-state index in [4.69, 9.17) is 9.47 Å². The fraction of sp³-hybridized carbons (Fsp3) is 0.156. The normalized spacial score (nSPS) is 14.2. The first kappa shape index (κ1) is 27.0. The number of methoxy groups -OCH3 is 1. The third-order valence-corrected chi connectivity index (χ3v) is 7.48. The minimum atomic E-state index is -0.342. The molecule has 0 radical (unpaired) electrons. The molecule has 7 nitrogen and oxygen atoms in total. The Kier molecular flexibility index (Phi) is 8.17. The van der Waals surface area contributed by atoms with Crippen molar-refractivity contribution in [1.82, 2.24) is 4.90 Å². The quantitative estimate of drug-likeness (QED) is 0.234. The van der Waals surface area contributed by atoms with E-state index < -0.39 is 0 Å². The van der Waals surface area contributed by atoms with Gasteiger partial charge in [0, 0.05) is 5.69 Å². The lowest BCUT2D eigenvalue weighted by molar-refractivity contribution is -0.123. The molecule has 4 aromatic rings. The number of amides is 3. The monoisotopic (exact) mass is 552 g/mol. The maximum absolute atomic E-state index is 13.2. The zero-order chi connectivity index (χ0) is 28.1. The Hall–Kier alpha value is -4.56. The van der Waals surface area contributed by atoms with Gasteiger partial charge in [0.1, 0.15) is 0 Å². The highest BCUT2D eigenvalue weighted by molar-refractivity contribution is 8.18. The summed E-state index contributed by atoms with van der Waals surface area (Å²) in [5, 5.41) is 4.56. The Balaban J connectivity index is 1.25. The molecule has 8 heteroatoms. The average Bonchev–Trinajstić information content (AvgIpc) is 3.24. The van der Waals surface area contributed by atoms with Crippen LogP contribution < -0.4 is 14.8 Å². The Bertz CT molecular complexity index is 1610. The number of carbonyl (C=O) groups is 3. The van der Waals surface area contributed by atoms with Crippen LogP contribution in [0.2, 0.25) is 0 Å². The number of anilines is 1. The second-order valence-electron chi connectivity index (χ2n) is 9.20. The third-order valence-electron chi connectivity index (χ3n) is 6.57. The first-order chi connectivity index (χ1) is 19.4. The first-order valence-corrected chi connectivity index (χ1v) is 13.7. The van der Waals surface area contributed by atoms with Crippen molar-refractivity contribution in [2.75, 3.05) is 19.0 Å². The molecule has 202 valence electrons. The van der Waals surface area contributed by atoms with Crippen LogP contribution in [0.25, 0.3) is 16.8 Å². The van der Waals surface area contributed by atoms with Gasteiger partial charge >= 0.3 is 0 Å². The second-order valence-corrected chi connectivity index (χ2v) is 10.2. The van der Waals surface area contributed by atoms with Crippen LogP contribution in [0.3, 0.4) is 0 Å². The molecular weight excluding hydrogens is 524 g/mol. The van der Waals surface area contributed by atoms with Crippen molar-refractivity contribution in [1.29, 1.82) is 0 Å². The summed E-state index contributed by atoms with van der Waals surface area (Å²) in [5.41, 5.74) is 3.46. The topological polar surface area (TPSA) is 84.9 Å². The van der Waals surface area contributed by atoms with Gasteiger partial charge in [-0.2, -0.15) is 0 Å². The van der Waals surface area contributed by atoms with Crippen LogP contribution in [0.5, 0.6) is 11.5 Å². The van der Waals surface area contributed by atoms with Gasteiger partial charge in [0.05, 0.1) is 18.6 Å². The highest BCUT2D eigenvalue weighted by Crippen LogP contribution is 2.36. The Labute approximate surface area is 236 Å². The number of benzene rings is 4. The van der Waals surface area contributed by atoms with E-state index in [1.54, 1.807) is 24.3 Å². The third kappa shape index (κ3) is 6.02. The number of hydrogen-bond acceptors (Lipinski definition) is 6. The summed E-state index contributed by atoms with van der Waals surface area (Å²) in [7, 11) is 1.50. The van der Waals surface area contributed by atoms with Gasteiger partial charge in [-0.3, -0.25) is 19.3 Å². The van der Waals surface area contributed by atoms with Gasteiger partial charge < -0.3 is 14.8 Å². The predicted molar refractivity (Wildman–Crippen MR) is 158 cm³/mol. The number of carbonyl (C=O) groups excluding carboxylic acids is 3. The molecule has 0 bridgehead atoms. The van der Waals surface area contributed by atoms with E-state index in [2.05, 4.69) is 12.2 Å². The van der Waals surface area contributed by atoms with E-state index in [-0.39, 0.29) is 30.2 Å². The van der Waals surface area contributed by atoms with Crippen molar-refractivity contribution in [3.05, 3.63) is 107 Å². The maximum atomic E-state index is 13.2. The number of rotatable bonds is 9. The van der Waals surface area contributed by atoms with Gasteiger partial charge in [0.25, 0.3) is 17.1 Å². The molecule has 1 fully saturated rings. The molecule has 0 aliphatic carbocycles. The molecule has 3 amide bonds. The molecule has 0 saturated carbocycles. The second kappa shape index (κ2) is 12.1. The van der Waals surface area contributed by atoms with Crippen LogP contribution in [0.4, 0.5) is 10.5 Å². The summed E-state index contributed by atoms with van der Waals surface area (Å²) in [6.07, 6.45) is 2.59. The zero-order valence-electron chi connectivity index (χ0n) is 22.2. The molecule has 0 aromatic heterocycles. The minimum absolute atomic E-state index is 0.196. The Morgan fingerprint density at radius 3 is 2.50 bits per heavy atom. The van der Waals surface area contributed by atoms with E-state index in [0.29, 0.717) is 27.7 Å². The average molecular weight is 553 g/mol. The lowest BCUT2D eigenvalue weighted by Gasteiger charge is -2.14. The lowest BCUT2D eigenvalue weighted by atomic mass is 10.0. The molecular formula is C32H28N2O5S. The minimum Gasteiger partial charge on any atom is -0.493 e. The van der Waals surface area contributed by atoms with E-state index in [0.717, 1.165) is 34.5 Å². The van der Waals surface area contributed by atoms with Gasteiger partial charge in [0.2, 0.25) is 0 Å². The largest absolute Gasteiger partial charge is 0.493 e. The van der Waals surface area contributed by atoms with Gasteiger partial charge in [-0.15, -0.1) is 0 Å². The molecule has 1 saturated heterocycles. The summed E-state index contributed by atoms with van der Waals surface area (Å²) < 4.78 is 11.2. The number of nitrogens with one attached hydrogen (secondary N) is 1. The van der Waals surface area contributed by atoms with Gasteiger partial charge in [-0.1, -0.05) is 67.6 Å². The SMILES string of the molecule is CCc1ccc(NC(=O)COc2ccc(/C=C3\SC(=O)N(Cc4cccc5ccccc45)C3=O)cc2OC)cc1. The van der Waals surface area contributed by atoms with Gasteiger partial charge in [-0.25, -0.2) is 0 Å². The summed E-state index contributed by atoms with van der Waals surface area (Å²) in [6, 6.07) is 26.5. The smallest absolute Gasteiger partial charge is 0.293 e. The van der Waals surface area contributed by atoms with E-state index >= 15 is 0 Å². The van der Waals surface area contributed by atoms with Crippen LogP contribution in [0, 0.1) is 0 Å². The van der Waals surface area contributed by atoms with Crippen molar-refractivity contribution in [3.8, 4) is 11.5 Å². The maximum Gasteiger partial charge on any atom is 0.293 e. The predicted octanol–water partition coefficient (Wildman–Crippen LogP) is 6.66. The highest BCUT2D eigenvalue weighted by atomic mass is 32.2. The number of hydrogen-bond donors (Lipinski definition) is 1. The van der Waals surface area contributed by atoms with Crippen molar-refractivity contribution >= 4 is 51.4 Å². The molecule has 1 aliphatic rings. The zero-order valence-corrected chi connectivity index (χ0v) is 23.0. The number of aryl methyl sites for hydroxylation is 1. The molecule has 1 heterocycles. The van der Waals surface area contributed by atoms with Gasteiger partial charge in [0.15, 0.2) is 18.1 Å². The van der Waals surface area contributed by atoms with Crippen LogP contribution in [0.15, 0.2) is 89.8 Å². The molecule has 4 aromatic carbocycles. The van der Waals surface area contributed by atoms with Crippen molar-refractivity contribution < 1.29 is 23.9 Å². The highest BCUT2D eigenvalue weighted by Gasteiger charge is 2.35. The standard InChI is InChI=1S/C32H28N2O5S/c1-3-21-11-14-25(15-12-21)33-30(35)20-39-27-16-13-22(17-28(27)38-2)18-29-31(36)34(32(37)40-29)19-24-9-6-8-23-7-4-5-10-26(23)24/h4-18H,3,19-20H2,1-2H3,(H,33,35)/b29-18-. The Morgan fingerprint density at radius 1 is 0.950 bits per heavy atom. The molecule has 0 atom stereocenters. The molecule has 1 aliphatic heterocycles. The fourth-order valence-electron chi connectivity index (χ4n) is 4.45. The number of ether oxygens (including phenoxy) is 2. The molecule has 0 unspecified atom stereocenters. The van der Waals surface area contributed by atoms with Crippen LogP contribution >= 0.6 is 11.8 Å². The lowest BCUT2D eigenvalue weighted by Crippen LogP contribution is -2.27. The van der Waals surface area contributed by atoms with E-state index in [9.17, 15) is 14.4 Å². The summed E-state index contributed by atoms with van der Waals surface area (Å²) in [5.74, 6) is 0.158.